The summed E-state index contributed by atoms with van der Waals surface area (Å²) in [5.74, 6) is -7.23. The van der Waals surface area contributed by atoms with E-state index in [4.69, 9.17) is 29.8 Å². The number of ether oxygens (including phenoxy) is 4. The number of aliphatic carboxylic acids is 3. The minimum absolute atomic E-state index is 0. The smallest absolute Gasteiger partial charge is 0.326 e. The second-order valence-electron chi connectivity index (χ2n) is 18.3. The summed E-state index contributed by atoms with van der Waals surface area (Å²) in [5, 5.41) is 52.1. The van der Waals surface area contributed by atoms with Crippen LogP contribution in [0.2, 0.25) is 0 Å². The van der Waals surface area contributed by atoms with Crippen molar-refractivity contribution in [2.24, 2.45) is 0 Å². The zero-order valence-corrected chi connectivity index (χ0v) is 49.7. The molecule has 1 unspecified atom stereocenters. The van der Waals surface area contributed by atoms with Gasteiger partial charge in [-0.2, -0.15) is 0 Å². The number of amides is 6. The van der Waals surface area contributed by atoms with Crippen molar-refractivity contribution in [2.75, 3.05) is 79.1 Å². The Balaban J connectivity index is -0.00000937. The van der Waals surface area contributed by atoms with Crippen LogP contribution in [0.1, 0.15) is 162 Å². The number of unbranched alkanes of at least 4 members (excludes halogenated alkanes) is 15. The van der Waals surface area contributed by atoms with Crippen LogP contribution >= 0.6 is 0 Å². The fourth-order valence-electron chi connectivity index (χ4n) is 7.35. The Morgan fingerprint density at radius 1 is 0.410 bits per heavy atom. The van der Waals surface area contributed by atoms with Crippen molar-refractivity contribution in [1.29, 1.82) is 0 Å². The Kier molecular flexibility index (Phi) is 55.0. The molecule has 451 valence electrons. The number of aliphatic hydroxyl groups is 1. The van der Waals surface area contributed by atoms with E-state index in [9.17, 15) is 63.3 Å². The molecule has 0 bridgehead atoms. The Morgan fingerprint density at radius 3 is 1.18 bits per heavy atom. The van der Waals surface area contributed by atoms with Crippen molar-refractivity contribution in [3.63, 3.8) is 0 Å². The second-order valence-corrected chi connectivity index (χ2v) is 18.3. The molecule has 25 nitrogen and oxygen atoms in total. The number of hydrogen-bond donors (Lipinski definition) is 10. The zero-order chi connectivity index (χ0) is 56.4. The van der Waals surface area contributed by atoms with E-state index in [1.165, 1.54) is 57.8 Å². The average molecular weight is 1330 g/mol. The molecular weight excluding hydrogens is 1230 g/mol. The van der Waals surface area contributed by atoms with Gasteiger partial charge >= 0.3 is 17.9 Å². The van der Waals surface area contributed by atoms with Crippen LogP contribution < -0.4 is 31.9 Å². The van der Waals surface area contributed by atoms with Gasteiger partial charge in [0.05, 0.1) is 39.6 Å². The molecule has 4 atom stereocenters. The molecule has 0 aromatic heterocycles. The third-order valence-corrected chi connectivity index (χ3v) is 11.7. The largest absolute Gasteiger partial charge is 0.698 e. The van der Waals surface area contributed by atoms with E-state index >= 15 is 0 Å². The third-order valence-electron chi connectivity index (χ3n) is 11.7. The molecule has 0 fully saturated rings. The van der Waals surface area contributed by atoms with E-state index in [-0.39, 0.29) is 164 Å². The van der Waals surface area contributed by atoms with Crippen LogP contribution in [0.15, 0.2) is 0 Å². The summed E-state index contributed by atoms with van der Waals surface area (Å²) in [6, 6.07) is -5.01. The number of carboxylic acid groups (broad SMARTS) is 3. The maximum atomic E-state index is 12.4. The van der Waals surface area contributed by atoms with Gasteiger partial charge in [0, 0.05) is 93.0 Å². The number of rotatable bonds is 54. The Labute approximate surface area is 487 Å². The van der Waals surface area contributed by atoms with Crippen LogP contribution in [0.3, 0.4) is 0 Å². The molecule has 78 heavy (non-hydrogen) atoms. The monoisotopic (exact) mass is 1320 g/mol. The summed E-state index contributed by atoms with van der Waals surface area (Å²) in [5.41, 5.74) is 7.30. The summed E-state index contributed by atoms with van der Waals surface area (Å²) >= 11 is 0. The van der Waals surface area contributed by atoms with Gasteiger partial charge in [0.2, 0.25) is 35.4 Å². The Bertz CT molecular complexity index is 1670. The van der Waals surface area contributed by atoms with Gasteiger partial charge in [-0.25, -0.2) is 20.4 Å². The van der Waals surface area contributed by atoms with Crippen LogP contribution in [0, 0.1) is 0 Å². The van der Waals surface area contributed by atoms with Crippen LogP contribution in [-0.4, -0.2) is 183 Å². The van der Waals surface area contributed by atoms with E-state index < -0.39 is 78.7 Å². The summed E-state index contributed by atoms with van der Waals surface area (Å²) in [4.78, 5) is 119. The average Bonchev–Trinajstić information content (AvgIpc) is 3.38. The second kappa shape index (κ2) is 54.9. The molecule has 0 aliphatic heterocycles. The maximum Gasteiger partial charge on any atom is 0.326 e. The molecular formula is C51H91N7O18VW-2. The summed E-state index contributed by atoms with van der Waals surface area (Å²) in [7, 11) is 0. The van der Waals surface area contributed by atoms with Gasteiger partial charge in [-0.3, -0.25) is 35.1 Å². The zero-order valence-electron chi connectivity index (χ0n) is 45.3. The molecule has 0 aliphatic carbocycles. The molecule has 27 heteroatoms. The minimum Gasteiger partial charge on any atom is -0.698 e. The molecule has 0 saturated heterocycles. The number of carboxylic acids is 3. The Hall–Kier alpha value is -4.07. The molecule has 0 spiro atoms. The predicted octanol–water partition coefficient (Wildman–Crippen LogP) is 2.63. The van der Waals surface area contributed by atoms with Gasteiger partial charge in [0.1, 0.15) is 31.3 Å². The van der Waals surface area contributed by atoms with Gasteiger partial charge in [-0.05, 0) is 38.5 Å². The fraction of sp³-hybridized carbons (Fsp3) is 0.804. The van der Waals surface area contributed by atoms with Gasteiger partial charge in [0.15, 0.2) is 0 Å². The van der Waals surface area contributed by atoms with Crippen molar-refractivity contribution in [2.45, 2.75) is 185 Å². The molecule has 0 aromatic rings. The number of aliphatic hydroxyl groups excluding tert-OH is 1. The van der Waals surface area contributed by atoms with Crippen LogP contribution in [0.25, 0.3) is 5.73 Å². The van der Waals surface area contributed by atoms with Crippen molar-refractivity contribution < 1.29 is 128 Å². The van der Waals surface area contributed by atoms with Gasteiger partial charge in [-0.15, -0.1) is 0 Å². The number of hydrogen-bond acceptors (Lipinski definition) is 15. The number of carbonyl (C=O) groups is 9. The van der Waals surface area contributed by atoms with E-state index in [2.05, 4.69) is 31.9 Å². The van der Waals surface area contributed by atoms with Crippen molar-refractivity contribution >= 4 is 59.6 Å². The van der Waals surface area contributed by atoms with E-state index in [1.54, 1.807) is 6.29 Å². The number of carbonyl (C=O) groups excluding carboxylic acids is 7. The first-order chi connectivity index (χ1) is 36.6. The first kappa shape index (κ1) is 78.2. The van der Waals surface area contributed by atoms with Crippen molar-refractivity contribution in [3.05, 3.63) is 5.73 Å². The van der Waals surface area contributed by atoms with Gasteiger partial charge in [-0.1, -0.05) is 96.3 Å². The van der Waals surface area contributed by atoms with Crippen LogP contribution in [0.4, 0.5) is 0 Å². The Morgan fingerprint density at radius 2 is 0.756 bits per heavy atom. The topological polar surface area (TPSA) is 385 Å². The normalized spacial score (nSPS) is 12.3. The first-order valence-electron chi connectivity index (χ1n) is 27.0. The summed E-state index contributed by atoms with van der Waals surface area (Å²) in [6.07, 6.45) is 18.7. The number of nitrogens with one attached hydrogen (secondary N) is 7. The van der Waals surface area contributed by atoms with Crippen LogP contribution in [0.5, 0.6) is 0 Å². The SMILES string of the molecule is [HH].[NH-][C@H]([C-]=O)CCCCNC(=O)CC[C@H](NC(=O)CCC(NC(=O)COCCOCCNC(=O)COCCOCCNC(=O)CC[C@H](NC(=O)CCCCCCCCCCCCCCCCCO)C(=O)O)C(=O)O)C(=O)O.[V].[W]. The maximum absolute atomic E-state index is 12.4. The van der Waals surface area contributed by atoms with Crippen LogP contribution in [-0.2, 0) is 107 Å². The summed E-state index contributed by atoms with van der Waals surface area (Å²) in [6.45, 7) is 0.576. The molecule has 11 N–H and O–H groups in total. The molecule has 1 radical (unpaired) electrons. The van der Waals surface area contributed by atoms with Gasteiger partial charge in [0.25, 0.3) is 0 Å². The van der Waals surface area contributed by atoms with E-state index in [1.807, 2.05) is 0 Å². The fourth-order valence-corrected chi connectivity index (χ4v) is 7.35. The first-order valence-corrected chi connectivity index (χ1v) is 27.0. The molecule has 0 saturated carbocycles. The van der Waals surface area contributed by atoms with E-state index in [0.717, 1.165) is 32.1 Å². The van der Waals surface area contributed by atoms with Crippen molar-refractivity contribution in [1.82, 2.24) is 31.9 Å². The molecule has 0 rings (SSSR count). The predicted molar refractivity (Wildman–Crippen MR) is 279 cm³/mol. The summed E-state index contributed by atoms with van der Waals surface area (Å²) < 4.78 is 21.2. The molecule has 0 heterocycles. The quantitative estimate of drug-likeness (QED) is 0.0309. The molecule has 6 amide bonds. The van der Waals surface area contributed by atoms with Gasteiger partial charge < -0.3 is 81.8 Å². The van der Waals surface area contributed by atoms with E-state index in [0.29, 0.717) is 25.7 Å². The van der Waals surface area contributed by atoms with Crippen molar-refractivity contribution in [3.8, 4) is 0 Å². The third kappa shape index (κ3) is 50.2. The molecule has 0 aliphatic rings. The molecule has 0 aromatic carbocycles. The standard InChI is InChI=1S/C51H89N7O18.V.W.H2/c52-39(36-60)18-15-16-26-53-43(61)23-20-41(50(69)70)57-46(64)25-22-42(51(71)72)58-48(66)38-76-35-33-74-31-28-55-47(65)37-75-34-32-73-30-27-54-44(62)24-21-40(49(67)68)56-45(63)19-14-12-10-8-6-4-2-1-3-5-7-9-11-13-17-29-59;;;/h39-42,52,59H,1-35,37-38H2,(H,53,61)(H,54,62)(H,55,65)(H,56,63)(H,57,64)(H,58,66)(H,67,68)(H,69,70)(H,71,72);;;1H/q-2;;;/t39-,40-,41-,42?;;;/m0.../s1. The minimum atomic E-state index is -1.48.